The average molecular weight is 419 g/mol. The Bertz CT molecular complexity index is 1060. The molecule has 3 aromatic rings. The number of hydrogen-bond donors (Lipinski definition) is 1. The molecule has 8 nitrogen and oxygen atoms in total. The first-order valence-corrected chi connectivity index (χ1v) is 10.4. The van der Waals surface area contributed by atoms with Crippen LogP contribution in [0, 0.1) is 16.0 Å². The van der Waals surface area contributed by atoms with E-state index in [1.807, 2.05) is 24.3 Å². The van der Waals surface area contributed by atoms with Gasteiger partial charge in [0.25, 0.3) is 11.6 Å². The first-order valence-electron chi connectivity index (χ1n) is 10.4. The van der Waals surface area contributed by atoms with Gasteiger partial charge >= 0.3 is 0 Å². The number of imidazole rings is 1. The van der Waals surface area contributed by atoms with Gasteiger partial charge in [0, 0.05) is 42.8 Å². The highest BCUT2D eigenvalue weighted by Crippen LogP contribution is 2.25. The molecule has 4 rings (SSSR count). The van der Waals surface area contributed by atoms with Crippen molar-refractivity contribution in [3.8, 4) is 5.69 Å². The van der Waals surface area contributed by atoms with E-state index in [0.29, 0.717) is 11.4 Å². The number of piperidine rings is 1. The minimum absolute atomic E-state index is 0.156. The Morgan fingerprint density at radius 2 is 2.06 bits per heavy atom. The van der Waals surface area contributed by atoms with Crippen molar-refractivity contribution in [2.45, 2.75) is 26.3 Å². The predicted molar refractivity (Wildman–Crippen MR) is 118 cm³/mol. The highest BCUT2D eigenvalue weighted by molar-refractivity contribution is 6.04. The van der Waals surface area contributed by atoms with Crippen LogP contribution in [0.1, 0.15) is 35.7 Å². The lowest BCUT2D eigenvalue weighted by atomic mass is 10.00. The highest BCUT2D eigenvalue weighted by Gasteiger charge is 2.19. The molecular formula is C23H25N5O3. The molecule has 0 radical (unpaired) electrons. The van der Waals surface area contributed by atoms with E-state index in [2.05, 4.69) is 22.1 Å². The molecule has 1 amide bonds. The predicted octanol–water partition coefficient (Wildman–Crippen LogP) is 4.26. The van der Waals surface area contributed by atoms with Gasteiger partial charge in [-0.05, 0) is 55.1 Å². The van der Waals surface area contributed by atoms with Gasteiger partial charge in [-0.25, -0.2) is 4.98 Å². The van der Waals surface area contributed by atoms with E-state index >= 15 is 0 Å². The molecule has 1 aliphatic rings. The van der Waals surface area contributed by atoms with Gasteiger partial charge in [0.1, 0.15) is 5.69 Å². The van der Waals surface area contributed by atoms with E-state index < -0.39 is 10.8 Å². The molecule has 1 N–H and O–H groups in total. The molecule has 1 unspecified atom stereocenters. The number of amides is 1. The van der Waals surface area contributed by atoms with Crippen LogP contribution in [0.4, 0.5) is 11.4 Å². The van der Waals surface area contributed by atoms with Crippen LogP contribution < -0.4 is 5.32 Å². The number of nitro groups is 1. The number of nitro benzene ring substituents is 1. The Kier molecular flexibility index (Phi) is 6.08. The van der Waals surface area contributed by atoms with Crippen molar-refractivity contribution in [3.05, 3.63) is 82.4 Å². The lowest BCUT2D eigenvalue weighted by Crippen LogP contribution is -2.33. The molecule has 2 heterocycles. The summed E-state index contributed by atoms with van der Waals surface area (Å²) in [4.78, 5) is 30.1. The molecule has 0 spiro atoms. The lowest BCUT2D eigenvalue weighted by molar-refractivity contribution is -0.384. The maximum atomic E-state index is 12.7. The molecule has 8 heteroatoms. The maximum absolute atomic E-state index is 12.7. The van der Waals surface area contributed by atoms with Crippen molar-refractivity contribution < 1.29 is 9.72 Å². The zero-order valence-electron chi connectivity index (χ0n) is 17.4. The molecule has 0 bridgehead atoms. The Labute approximate surface area is 180 Å². The fourth-order valence-corrected chi connectivity index (χ4v) is 4.02. The van der Waals surface area contributed by atoms with Crippen molar-refractivity contribution in [2.24, 2.45) is 5.92 Å². The number of likely N-dealkylation sites (tertiary alicyclic amines) is 1. The minimum atomic E-state index is -0.498. The van der Waals surface area contributed by atoms with Crippen LogP contribution in [0.2, 0.25) is 0 Å². The van der Waals surface area contributed by atoms with Gasteiger partial charge in [-0.2, -0.15) is 0 Å². The first kappa shape index (κ1) is 20.7. The van der Waals surface area contributed by atoms with Crippen molar-refractivity contribution in [1.82, 2.24) is 14.5 Å². The van der Waals surface area contributed by atoms with E-state index in [1.165, 1.54) is 30.8 Å². The van der Waals surface area contributed by atoms with Gasteiger partial charge in [0.2, 0.25) is 0 Å². The fourth-order valence-electron chi connectivity index (χ4n) is 4.02. The number of anilines is 1. The monoisotopic (exact) mass is 419 g/mol. The number of nitrogens with one attached hydrogen (secondary N) is 1. The van der Waals surface area contributed by atoms with Crippen LogP contribution in [-0.2, 0) is 6.54 Å². The quantitative estimate of drug-likeness (QED) is 0.476. The molecule has 1 saturated heterocycles. The second-order valence-electron chi connectivity index (χ2n) is 8.06. The smallest absolute Gasteiger partial charge is 0.294 e. The summed E-state index contributed by atoms with van der Waals surface area (Å²) in [6, 6.07) is 12.2. The van der Waals surface area contributed by atoms with Crippen molar-refractivity contribution in [3.63, 3.8) is 0 Å². The zero-order valence-corrected chi connectivity index (χ0v) is 17.4. The first-order chi connectivity index (χ1) is 15.0. The van der Waals surface area contributed by atoms with Crippen LogP contribution in [0.3, 0.4) is 0 Å². The number of rotatable bonds is 6. The molecule has 1 atom stereocenters. The third-order valence-corrected chi connectivity index (χ3v) is 5.58. The molecule has 0 saturated carbocycles. The van der Waals surface area contributed by atoms with E-state index in [0.717, 1.165) is 25.6 Å². The second kappa shape index (κ2) is 9.09. The summed E-state index contributed by atoms with van der Waals surface area (Å²) >= 11 is 0. The van der Waals surface area contributed by atoms with Gasteiger partial charge in [0.15, 0.2) is 0 Å². The minimum Gasteiger partial charge on any atom is -0.322 e. The molecule has 0 aliphatic carbocycles. The Morgan fingerprint density at radius 1 is 1.26 bits per heavy atom. The van der Waals surface area contributed by atoms with E-state index in [4.69, 9.17) is 0 Å². The Balaban J connectivity index is 1.44. The van der Waals surface area contributed by atoms with Crippen molar-refractivity contribution in [2.75, 3.05) is 18.4 Å². The molecule has 1 aromatic heterocycles. The number of hydrogen-bond acceptors (Lipinski definition) is 5. The number of carbonyl (C=O) groups excluding carboxylic acids is 1. The lowest BCUT2D eigenvalue weighted by Gasteiger charge is -2.30. The van der Waals surface area contributed by atoms with E-state index in [1.54, 1.807) is 29.1 Å². The molecule has 160 valence electrons. The van der Waals surface area contributed by atoms with E-state index in [9.17, 15) is 14.9 Å². The second-order valence-corrected chi connectivity index (χ2v) is 8.06. The summed E-state index contributed by atoms with van der Waals surface area (Å²) in [7, 11) is 0. The summed E-state index contributed by atoms with van der Waals surface area (Å²) < 4.78 is 1.54. The normalized spacial score (nSPS) is 16.7. The standard InChI is InChI=1S/C23H25N5O3/c1-17-3-2-11-26(14-17)15-18-4-7-20(8-5-18)25-23(29)19-6-9-21(22(13-19)28(30)31)27-12-10-24-16-27/h4-10,12-13,16-17H,2-3,11,14-15H2,1H3,(H,25,29). The molecule has 31 heavy (non-hydrogen) atoms. The Morgan fingerprint density at radius 3 is 2.74 bits per heavy atom. The SMILES string of the molecule is CC1CCCN(Cc2ccc(NC(=O)c3ccc(-n4ccnc4)c([N+](=O)[O-])c3)cc2)C1. The third-order valence-electron chi connectivity index (χ3n) is 5.58. The third kappa shape index (κ3) is 4.97. The largest absolute Gasteiger partial charge is 0.322 e. The van der Waals surface area contributed by atoms with Crippen LogP contribution in [0.25, 0.3) is 5.69 Å². The van der Waals surface area contributed by atoms with Gasteiger partial charge in [-0.15, -0.1) is 0 Å². The van der Waals surface area contributed by atoms with Crippen LogP contribution in [0.15, 0.2) is 61.2 Å². The van der Waals surface area contributed by atoms with Gasteiger partial charge < -0.3 is 9.88 Å². The number of benzene rings is 2. The van der Waals surface area contributed by atoms with Crippen LogP contribution >= 0.6 is 0 Å². The number of nitrogens with zero attached hydrogens (tertiary/aromatic N) is 4. The van der Waals surface area contributed by atoms with Gasteiger partial charge in [0.05, 0.1) is 11.3 Å². The van der Waals surface area contributed by atoms with Crippen LogP contribution in [0.5, 0.6) is 0 Å². The van der Waals surface area contributed by atoms with Gasteiger partial charge in [-0.1, -0.05) is 19.1 Å². The zero-order chi connectivity index (χ0) is 21.8. The molecule has 2 aromatic carbocycles. The summed E-state index contributed by atoms with van der Waals surface area (Å²) in [5.41, 5.74) is 2.28. The highest BCUT2D eigenvalue weighted by atomic mass is 16.6. The number of carbonyl (C=O) groups is 1. The molecule has 1 fully saturated rings. The summed E-state index contributed by atoms with van der Waals surface area (Å²) in [5, 5.41) is 14.3. The Hall–Kier alpha value is -3.52. The summed E-state index contributed by atoms with van der Waals surface area (Å²) in [6.07, 6.45) is 7.17. The van der Waals surface area contributed by atoms with Gasteiger partial charge in [-0.3, -0.25) is 19.8 Å². The van der Waals surface area contributed by atoms with E-state index in [-0.39, 0.29) is 11.3 Å². The fraction of sp³-hybridized carbons (Fsp3) is 0.304. The maximum Gasteiger partial charge on any atom is 0.294 e. The molecular weight excluding hydrogens is 394 g/mol. The number of aromatic nitrogens is 2. The summed E-state index contributed by atoms with van der Waals surface area (Å²) in [6.45, 7) is 5.43. The topological polar surface area (TPSA) is 93.3 Å². The average Bonchev–Trinajstić information content (AvgIpc) is 3.29. The van der Waals surface area contributed by atoms with Crippen molar-refractivity contribution >= 4 is 17.3 Å². The van der Waals surface area contributed by atoms with Crippen LogP contribution in [-0.4, -0.2) is 38.4 Å². The molecule has 1 aliphatic heterocycles. The summed E-state index contributed by atoms with van der Waals surface area (Å²) in [5.74, 6) is 0.342. The van der Waals surface area contributed by atoms with Crippen molar-refractivity contribution in [1.29, 1.82) is 0 Å².